The molecule has 0 aromatic heterocycles. The molecule has 6 heteroatoms. The number of ether oxygens (including phenoxy) is 1. The Bertz CT molecular complexity index is 658. The van der Waals surface area contributed by atoms with Crippen molar-refractivity contribution in [3.8, 4) is 11.5 Å². The first-order valence-electron chi connectivity index (χ1n) is 5.61. The summed E-state index contributed by atoms with van der Waals surface area (Å²) in [6.07, 6.45) is 0. The third-order valence-corrected chi connectivity index (χ3v) is 3.61. The Balaban J connectivity index is 2.21. The summed E-state index contributed by atoms with van der Waals surface area (Å²) >= 11 is 9.22. The van der Waals surface area contributed by atoms with Crippen LogP contribution >= 0.6 is 27.5 Å². The molecule has 2 aromatic rings. The van der Waals surface area contributed by atoms with Gasteiger partial charge >= 0.3 is 5.97 Å². The Morgan fingerprint density at radius 1 is 1.30 bits per heavy atom. The molecule has 4 nitrogen and oxygen atoms in total. The monoisotopic (exact) mass is 356 g/mol. The summed E-state index contributed by atoms with van der Waals surface area (Å²) < 4.78 is 5.98. The van der Waals surface area contributed by atoms with E-state index in [4.69, 9.17) is 21.4 Å². The molecule has 0 aliphatic heterocycles. The summed E-state index contributed by atoms with van der Waals surface area (Å²) in [6, 6.07) is 9.77. The number of rotatable bonds is 4. The molecule has 2 aromatic carbocycles. The number of benzene rings is 2. The standard InChI is InChI=1S/C14H10BrClO4/c15-10-5-9(14(18)19)12(17)6-13(10)20-7-8-3-1-2-4-11(8)16/h1-6,17H,7H2,(H,18,19). The van der Waals surface area contributed by atoms with Crippen LogP contribution in [0.15, 0.2) is 40.9 Å². The molecule has 0 radical (unpaired) electrons. The molecular formula is C14H10BrClO4. The van der Waals surface area contributed by atoms with E-state index < -0.39 is 5.97 Å². The first-order chi connectivity index (χ1) is 9.49. The second-order valence-corrected chi connectivity index (χ2v) is 5.25. The van der Waals surface area contributed by atoms with E-state index in [0.717, 1.165) is 5.56 Å². The van der Waals surface area contributed by atoms with E-state index in [1.165, 1.54) is 12.1 Å². The first kappa shape index (κ1) is 14.7. The van der Waals surface area contributed by atoms with Crippen molar-refractivity contribution in [2.24, 2.45) is 0 Å². The van der Waals surface area contributed by atoms with Crippen LogP contribution in [0, 0.1) is 0 Å². The molecule has 104 valence electrons. The minimum absolute atomic E-state index is 0.193. The summed E-state index contributed by atoms with van der Waals surface area (Å²) in [5, 5.41) is 19.1. The van der Waals surface area contributed by atoms with Crippen LogP contribution in [0.1, 0.15) is 15.9 Å². The van der Waals surface area contributed by atoms with Crippen LogP contribution in [0.25, 0.3) is 0 Å². The Labute approximate surface area is 128 Å². The van der Waals surface area contributed by atoms with Gasteiger partial charge in [-0.1, -0.05) is 29.8 Å². The zero-order valence-electron chi connectivity index (χ0n) is 10.1. The van der Waals surface area contributed by atoms with Gasteiger partial charge in [-0.15, -0.1) is 0 Å². The molecule has 2 N–H and O–H groups in total. The van der Waals surface area contributed by atoms with Crippen LogP contribution in [-0.2, 0) is 6.61 Å². The zero-order valence-corrected chi connectivity index (χ0v) is 12.5. The van der Waals surface area contributed by atoms with Crippen molar-refractivity contribution >= 4 is 33.5 Å². The molecule has 0 unspecified atom stereocenters. The summed E-state index contributed by atoms with van der Waals surface area (Å²) in [7, 11) is 0. The lowest BCUT2D eigenvalue weighted by Gasteiger charge is -2.11. The smallest absolute Gasteiger partial charge is 0.339 e. The lowest BCUT2D eigenvalue weighted by molar-refractivity contribution is 0.0693. The Morgan fingerprint density at radius 2 is 2.00 bits per heavy atom. The summed E-state index contributed by atoms with van der Waals surface area (Å²) in [4.78, 5) is 10.9. The summed E-state index contributed by atoms with van der Waals surface area (Å²) in [5.41, 5.74) is 0.602. The molecule has 0 amide bonds. The molecular weight excluding hydrogens is 348 g/mol. The number of aromatic hydroxyl groups is 1. The quantitative estimate of drug-likeness (QED) is 0.865. The number of carboxylic acid groups (broad SMARTS) is 1. The van der Waals surface area contributed by atoms with E-state index in [2.05, 4.69) is 15.9 Å². The van der Waals surface area contributed by atoms with Crippen molar-refractivity contribution < 1.29 is 19.7 Å². The van der Waals surface area contributed by atoms with Crippen molar-refractivity contribution in [2.75, 3.05) is 0 Å². The summed E-state index contributed by atoms with van der Waals surface area (Å²) in [5.74, 6) is -1.22. The van der Waals surface area contributed by atoms with Crippen molar-refractivity contribution in [1.82, 2.24) is 0 Å². The van der Waals surface area contributed by atoms with E-state index >= 15 is 0 Å². The molecule has 0 aliphatic rings. The Morgan fingerprint density at radius 3 is 2.65 bits per heavy atom. The number of hydrogen-bond donors (Lipinski definition) is 2. The van der Waals surface area contributed by atoms with E-state index in [1.807, 2.05) is 18.2 Å². The van der Waals surface area contributed by atoms with Gasteiger partial charge in [-0.25, -0.2) is 4.79 Å². The van der Waals surface area contributed by atoms with E-state index in [9.17, 15) is 9.90 Å². The first-order valence-corrected chi connectivity index (χ1v) is 6.78. The van der Waals surface area contributed by atoms with Gasteiger partial charge in [-0.2, -0.15) is 0 Å². The van der Waals surface area contributed by atoms with Crippen molar-refractivity contribution in [3.05, 3.63) is 57.0 Å². The fourth-order valence-electron chi connectivity index (χ4n) is 1.60. The maximum absolute atomic E-state index is 10.9. The zero-order chi connectivity index (χ0) is 14.7. The van der Waals surface area contributed by atoms with Crippen LogP contribution in [0.4, 0.5) is 0 Å². The predicted octanol–water partition coefficient (Wildman–Crippen LogP) is 4.09. The Kier molecular flexibility index (Phi) is 4.52. The minimum Gasteiger partial charge on any atom is -0.507 e. The number of phenols is 1. The number of carboxylic acids is 1. The lowest BCUT2D eigenvalue weighted by atomic mass is 10.2. The third-order valence-electron chi connectivity index (χ3n) is 2.62. The number of halogens is 2. The van der Waals surface area contributed by atoms with Crippen LogP contribution in [0.5, 0.6) is 11.5 Å². The lowest BCUT2D eigenvalue weighted by Crippen LogP contribution is -2.00. The second-order valence-electron chi connectivity index (χ2n) is 3.99. The fraction of sp³-hybridized carbons (Fsp3) is 0.0714. The van der Waals surface area contributed by atoms with Gasteiger partial charge in [-0.05, 0) is 28.1 Å². The van der Waals surface area contributed by atoms with E-state index in [-0.39, 0.29) is 17.9 Å². The van der Waals surface area contributed by atoms with Gasteiger partial charge in [0.2, 0.25) is 0 Å². The van der Waals surface area contributed by atoms with Gasteiger partial charge in [0.25, 0.3) is 0 Å². The maximum Gasteiger partial charge on any atom is 0.339 e. The SMILES string of the molecule is O=C(O)c1cc(Br)c(OCc2ccccc2Cl)cc1O. The number of aromatic carboxylic acids is 1. The molecule has 0 aliphatic carbocycles. The molecule has 0 atom stereocenters. The highest BCUT2D eigenvalue weighted by Crippen LogP contribution is 2.33. The van der Waals surface area contributed by atoms with Gasteiger partial charge in [-0.3, -0.25) is 0 Å². The van der Waals surface area contributed by atoms with Crippen LogP contribution in [-0.4, -0.2) is 16.2 Å². The largest absolute Gasteiger partial charge is 0.507 e. The summed E-state index contributed by atoms with van der Waals surface area (Å²) in [6.45, 7) is 0.212. The Hall–Kier alpha value is -1.72. The highest BCUT2D eigenvalue weighted by atomic mass is 79.9. The molecule has 0 heterocycles. The maximum atomic E-state index is 10.9. The average Bonchev–Trinajstić information content (AvgIpc) is 2.40. The molecule has 0 saturated heterocycles. The predicted molar refractivity (Wildman–Crippen MR) is 78.6 cm³/mol. The number of hydrogen-bond acceptors (Lipinski definition) is 3. The number of carbonyl (C=O) groups is 1. The normalized spacial score (nSPS) is 10.3. The van der Waals surface area contributed by atoms with Crippen LogP contribution in [0.3, 0.4) is 0 Å². The van der Waals surface area contributed by atoms with Gasteiger partial charge in [0.1, 0.15) is 23.7 Å². The highest BCUT2D eigenvalue weighted by molar-refractivity contribution is 9.10. The second kappa shape index (κ2) is 6.15. The minimum atomic E-state index is -1.21. The highest BCUT2D eigenvalue weighted by Gasteiger charge is 2.14. The average molecular weight is 358 g/mol. The topological polar surface area (TPSA) is 66.8 Å². The molecule has 0 bridgehead atoms. The van der Waals surface area contributed by atoms with Crippen molar-refractivity contribution in [1.29, 1.82) is 0 Å². The molecule has 0 fully saturated rings. The molecule has 0 saturated carbocycles. The van der Waals surface area contributed by atoms with Gasteiger partial charge < -0.3 is 14.9 Å². The van der Waals surface area contributed by atoms with Gasteiger partial charge in [0.15, 0.2) is 0 Å². The van der Waals surface area contributed by atoms with Crippen LogP contribution < -0.4 is 4.74 Å². The van der Waals surface area contributed by atoms with Crippen LogP contribution in [0.2, 0.25) is 5.02 Å². The molecule has 20 heavy (non-hydrogen) atoms. The van der Waals surface area contributed by atoms with E-state index in [0.29, 0.717) is 15.2 Å². The van der Waals surface area contributed by atoms with Gasteiger partial charge in [0.05, 0.1) is 4.47 Å². The van der Waals surface area contributed by atoms with Crippen molar-refractivity contribution in [3.63, 3.8) is 0 Å². The fourth-order valence-corrected chi connectivity index (χ4v) is 2.24. The van der Waals surface area contributed by atoms with E-state index in [1.54, 1.807) is 6.07 Å². The van der Waals surface area contributed by atoms with Gasteiger partial charge in [0, 0.05) is 16.7 Å². The van der Waals surface area contributed by atoms with Crippen molar-refractivity contribution in [2.45, 2.75) is 6.61 Å². The molecule has 0 spiro atoms. The molecule has 2 rings (SSSR count). The third kappa shape index (κ3) is 3.23.